The molecular formula is C12H10ClNO2S. The monoisotopic (exact) mass is 267 g/mol. The third-order valence-electron chi connectivity index (χ3n) is 2.16. The number of ether oxygens (including phenoxy) is 1. The van der Waals surface area contributed by atoms with Gasteiger partial charge in [0.15, 0.2) is 6.29 Å². The second-order valence-corrected chi connectivity index (χ2v) is 4.89. The third-order valence-corrected chi connectivity index (χ3v) is 3.28. The zero-order valence-corrected chi connectivity index (χ0v) is 10.7. The molecule has 0 bridgehead atoms. The van der Waals surface area contributed by atoms with E-state index < -0.39 is 0 Å². The molecule has 0 atom stereocenters. The van der Waals surface area contributed by atoms with Gasteiger partial charge >= 0.3 is 0 Å². The van der Waals surface area contributed by atoms with E-state index in [0.717, 1.165) is 17.0 Å². The summed E-state index contributed by atoms with van der Waals surface area (Å²) in [7, 11) is 0. The predicted molar refractivity (Wildman–Crippen MR) is 68.0 cm³/mol. The largest absolute Gasteiger partial charge is 0.485 e. The lowest BCUT2D eigenvalue weighted by molar-refractivity contribution is 0.111. The zero-order valence-electron chi connectivity index (χ0n) is 9.14. The highest BCUT2D eigenvalue weighted by molar-refractivity contribution is 7.09. The van der Waals surface area contributed by atoms with E-state index in [4.69, 9.17) is 16.3 Å². The number of thiazole rings is 1. The summed E-state index contributed by atoms with van der Waals surface area (Å²) < 4.78 is 5.54. The van der Waals surface area contributed by atoms with Crippen molar-refractivity contribution in [1.29, 1.82) is 0 Å². The Morgan fingerprint density at radius 3 is 3.00 bits per heavy atom. The first-order valence-corrected chi connectivity index (χ1v) is 6.24. The molecule has 1 aromatic heterocycles. The quantitative estimate of drug-likeness (QED) is 0.796. The van der Waals surface area contributed by atoms with Gasteiger partial charge in [-0.3, -0.25) is 4.79 Å². The van der Waals surface area contributed by atoms with Crippen molar-refractivity contribution >= 4 is 29.2 Å². The molecule has 3 nitrogen and oxygen atoms in total. The molecule has 0 saturated carbocycles. The van der Waals surface area contributed by atoms with Crippen LogP contribution < -0.4 is 4.74 Å². The lowest BCUT2D eigenvalue weighted by Crippen LogP contribution is -1.99. The zero-order chi connectivity index (χ0) is 12.3. The number of hydrogen-bond donors (Lipinski definition) is 0. The van der Waals surface area contributed by atoms with Gasteiger partial charge in [0, 0.05) is 5.38 Å². The molecule has 0 N–H and O–H groups in total. The highest BCUT2D eigenvalue weighted by Crippen LogP contribution is 2.28. The summed E-state index contributed by atoms with van der Waals surface area (Å²) in [5.41, 5.74) is 1.29. The van der Waals surface area contributed by atoms with Crippen LogP contribution in [-0.2, 0) is 6.61 Å². The highest BCUT2D eigenvalue weighted by Gasteiger charge is 2.08. The highest BCUT2D eigenvalue weighted by atomic mass is 35.5. The van der Waals surface area contributed by atoms with Crippen LogP contribution in [0, 0.1) is 6.92 Å². The van der Waals surface area contributed by atoms with E-state index in [1.54, 1.807) is 29.5 Å². The van der Waals surface area contributed by atoms with Crippen molar-refractivity contribution in [2.24, 2.45) is 0 Å². The first-order chi connectivity index (χ1) is 8.20. The molecule has 0 unspecified atom stereocenters. The average Bonchev–Trinajstić information content (AvgIpc) is 2.73. The lowest BCUT2D eigenvalue weighted by atomic mass is 10.2. The molecule has 0 spiro atoms. The third kappa shape index (κ3) is 2.84. The van der Waals surface area contributed by atoms with Crippen LogP contribution in [0.15, 0.2) is 23.6 Å². The number of aromatic nitrogens is 1. The van der Waals surface area contributed by atoms with E-state index in [9.17, 15) is 4.79 Å². The van der Waals surface area contributed by atoms with Crippen molar-refractivity contribution < 1.29 is 9.53 Å². The first kappa shape index (κ1) is 12.1. The second kappa shape index (κ2) is 5.29. The molecule has 2 rings (SSSR count). The van der Waals surface area contributed by atoms with Crippen molar-refractivity contribution in [1.82, 2.24) is 4.98 Å². The maximum Gasteiger partial charge on any atom is 0.153 e. The van der Waals surface area contributed by atoms with Gasteiger partial charge in [-0.2, -0.15) is 0 Å². The summed E-state index contributed by atoms with van der Waals surface area (Å²) in [4.78, 5) is 15.1. The molecular weight excluding hydrogens is 258 g/mol. The Morgan fingerprint density at radius 2 is 2.35 bits per heavy atom. The number of carbonyl (C=O) groups excluding carboxylic acids is 1. The minimum Gasteiger partial charge on any atom is -0.485 e. The van der Waals surface area contributed by atoms with Crippen LogP contribution in [0.1, 0.15) is 21.1 Å². The first-order valence-electron chi connectivity index (χ1n) is 4.98. The Hall–Kier alpha value is -1.39. The molecule has 2 aromatic rings. The minimum atomic E-state index is 0.314. The number of benzene rings is 1. The van der Waals surface area contributed by atoms with E-state index in [0.29, 0.717) is 22.9 Å². The summed E-state index contributed by atoms with van der Waals surface area (Å²) in [5, 5.41) is 3.34. The molecule has 0 saturated heterocycles. The summed E-state index contributed by atoms with van der Waals surface area (Å²) >= 11 is 7.54. The number of hydrogen-bond acceptors (Lipinski definition) is 4. The fourth-order valence-electron chi connectivity index (χ4n) is 1.39. The number of aryl methyl sites for hydroxylation is 1. The standard InChI is InChI=1S/C12H10ClNO2S/c1-8-14-10(7-17-8)6-16-12-9(5-15)3-2-4-11(12)13/h2-5,7H,6H2,1H3. The summed E-state index contributed by atoms with van der Waals surface area (Å²) in [6.07, 6.45) is 0.730. The normalized spacial score (nSPS) is 10.2. The van der Waals surface area contributed by atoms with Gasteiger partial charge in [-0.15, -0.1) is 11.3 Å². The summed E-state index contributed by atoms with van der Waals surface area (Å²) in [5.74, 6) is 0.412. The molecule has 17 heavy (non-hydrogen) atoms. The Balaban J connectivity index is 2.16. The SMILES string of the molecule is Cc1nc(COc2c(Cl)cccc2C=O)cs1. The fraction of sp³-hybridized carbons (Fsp3) is 0.167. The van der Waals surface area contributed by atoms with Crippen LogP contribution in [-0.4, -0.2) is 11.3 Å². The topological polar surface area (TPSA) is 39.2 Å². The number of carbonyl (C=O) groups is 1. The molecule has 1 heterocycles. The molecule has 0 aliphatic rings. The van der Waals surface area contributed by atoms with E-state index in [2.05, 4.69) is 4.98 Å². The van der Waals surface area contributed by atoms with E-state index in [-0.39, 0.29) is 0 Å². The van der Waals surface area contributed by atoms with Crippen molar-refractivity contribution in [2.45, 2.75) is 13.5 Å². The molecule has 0 amide bonds. The molecule has 0 fully saturated rings. The Morgan fingerprint density at radius 1 is 1.53 bits per heavy atom. The van der Waals surface area contributed by atoms with Crippen molar-refractivity contribution in [3.05, 3.63) is 44.9 Å². The van der Waals surface area contributed by atoms with Gasteiger partial charge < -0.3 is 4.74 Å². The number of para-hydroxylation sites is 1. The van der Waals surface area contributed by atoms with Gasteiger partial charge in [-0.25, -0.2) is 4.98 Å². The van der Waals surface area contributed by atoms with Gasteiger partial charge in [-0.1, -0.05) is 17.7 Å². The van der Waals surface area contributed by atoms with Crippen LogP contribution >= 0.6 is 22.9 Å². The van der Waals surface area contributed by atoms with Crippen LogP contribution in [0.4, 0.5) is 0 Å². The average molecular weight is 268 g/mol. The van der Waals surface area contributed by atoms with E-state index in [1.807, 2.05) is 12.3 Å². The van der Waals surface area contributed by atoms with Crippen molar-refractivity contribution in [3.63, 3.8) is 0 Å². The van der Waals surface area contributed by atoms with Crippen LogP contribution in [0.2, 0.25) is 5.02 Å². The maximum absolute atomic E-state index is 10.8. The van der Waals surface area contributed by atoms with Gasteiger partial charge in [0.1, 0.15) is 12.4 Å². The molecule has 0 aliphatic carbocycles. The maximum atomic E-state index is 10.8. The number of aldehydes is 1. The Kier molecular flexibility index (Phi) is 3.76. The van der Waals surface area contributed by atoms with Crippen LogP contribution in [0.25, 0.3) is 0 Å². The predicted octanol–water partition coefficient (Wildman–Crippen LogP) is 3.50. The van der Waals surface area contributed by atoms with Gasteiger partial charge in [0.05, 0.1) is 21.3 Å². The summed E-state index contributed by atoms with van der Waals surface area (Å²) in [6, 6.07) is 5.07. The molecule has 5 heteroatoms. The van der Waals surface area contributed by atoms with Crippen LogP contribution in [0.5, 0.6) is 5.75 Å². The van der Waals surface area contributed by atoms with Gasteiger partial charge in [0.25, 0.3) is 0 Å². The summed E-state index contributed by atoms with van der Waals surface area (Å²) in [6.45, 7) is 2.25. The molecule has 1 aromatic carbocycles. The molecule has 88 valence electrons. The van der Waals surface area contributed by atoms with Gasteiger partial charge in [0.2, 0.25) is 0 Å². The van der Waals surface area contributed by atoms with E-state index >= 15 is 0 Å². The Labute approximate surface area is 108 Å². The second-order valence-electron chi connectivity index (χ2n) is 3.42. The molecule has 0 radical (unpaired) electrons. The number of rotatable bonds is 4. The lowest BCUT2D eigenvalue weighted by Gasteiger charge is -2.08. The Bertz CT molecular complexity index is 539. The smallest absolute Gasteiger partial charge is 0.153 e. The van der Waals surface area contributed by atoms with Crippen LogP contribution in [0.3, 0.4) is 0 Å². The number of nitrogens with zero attached hydrogens (tertiary/aromatic N) is 1. The van der Waals surface area contributed by atoms with Crippen molar-refractivity contribution in [2.75, 3.05) is 0 Å². The molecule has 0 aliphatic heterocycles. The number of halogens is 1. The fourth-order valence-corrected chi connectivity index (χ4v) is 2.22. The van der Waals surface area contributed by atoms with E-state index in [1.165, 1.54) is 0 Å². The van der Waals surface area contributed by atoms with Crippen molar-refractivity contribution in [3.8, 4) is 5.75 Å². The minimum absolute atomic E-state index is 0.314. The van der Waals surface area contributed by atoms with Gasteiger partial charge in [-0.05, 0) is 19.1 Å².